The van der Waals surface area contributed by atoms with Crippen molar-refractivity contribution >= 4 is 36.4 Å². The van der Waals surface area contributed by atoms with Gasteiger partial charge in [0.15, 0.2) is 0 Å². The van der Waals surface area contributed by atoms with Gasteiger partial charge in [0.25, 0.3) is 0 Å². The Kier molecular flexibility index (Phi) is 12.3. The third kappa shape index (κ3) is 10.4. The highest BCUT2D eigenvalue weighted by atomic mass is 35.5. The molecule has 21 heavy (non-hydrogen) atoms. The predicted molar refractivity (Wildman–Crippen MR) is 91.9 cm³/mol. The van der Waals surface area contributed by atoms with Crippen molar-refractivity contribution < 1.29 is 9.53 Å². The Morgan fingerprint density at radius 1 is 1.38 bits per heavy atom. The van der Waals surface area contributed by atoms with Crippen molar-refractivity contribution in [3.05, 3.63) is 24.3 Å². The summed E-state index contributed by atoms with van der Waals surface area (Å²) in [6, 6.07) is 7.23. The molecule has 1 amide bonds. The first-order valence-corrected chi connectivity index (χ1v) is 6.40. The minimum atomic E-state index is -0.139. The van der Waals surface area contributed by atoms with E-state index in [1.165, 1.54) is 0 Å². The maximum absolute atomic E-state index is 11.6. The van der Waals surface area contributed by atoms with Crippen LogP contribution in [0, 0.1) is 0 Å². The lowest BCUT2D eigenvalue weighted by atomic mass is 10.2. The van der Waals surface area contributed by atoms with E-state index < -0.39 is 0 Å². The van der Waals surface area contributed by atoms with E-state index in [2.05, 4.69) is 5.32 Å². The Morgan fingerprint density at radius 2 is 2.05 bits per heavy atom. The number of nitrogens with one attached hydrogen (secondary N) is 1. The number of halogens is 2. The molecule has 0 aliphatic rings. The number of amides is 1. The summed E-state index contributed by atoms with van der Waals surface area (Å²) in [5.74, 6) is 0.667. The van der Waals surface area contributed by atoms with E-state index in [0.29, 0.717) is 13.0 Å². The smallest absolute Gasteiger partial charge is 0.225 e. The molecule has 1 aromatic rings. The average molecular weight is 338 g/mol. The maximum atomic E-state index is 11.6. The quantitative estimate of drug-likeness (QED) is 0.799. The molecule has 3 N–H and O–H groups in total. The van der Waals surface area contributed by atoms with Crippen molar-refractivity contribution in [1.82, 2.24) is 4.90 Å². The molecule has 7 heteroatoms. The normalized spacial score (nSPS) is 11.1. The van der Waals surface area contributed by atoms with E-state index in [4.69, 9.17) is 10.5 Å². The molecular weight excluding hydrogens is 313 g/mol. The molecule has 0 aliphatic heterocycles. The molecule has 122 valence electrons. The number of benzene rings is 1. The number of hydrogen-bond acceptors (Lipinski definition) is 4. The largest absolute Gasteiger partial charge is 0.492 e. The summed E-state index contributed by atoms with van der Waals surface area (Å²) in [6.07, 6.45) is 0.311. The molecule has 0 spiro atoms. The van der Waals surface area contributed by atoms with Crippen LogP contribution in [0.2, 0.25) is 0 Å². The Morgan fingerprint density at radius 3 is 2.62 bits per heavy atom. The Labute approximate surface area is 139 Å². The Bertz CT molecular complexity index is 415. The van der Waals surface area contributed by atoms with Gasteiger partial charge in [-0.25, -0.2) is 0 Å². The maximum Gasteiger partial charge on any atom is 0.225 e. The summed E-state index contributed by atoms with van der Waals surface area (Å²) in [5.41, 5.74) is 6.31. The fraction of sp³-hybridized carbons (Fsp3) is 0.500. The van der Waals surface area contributed by atoms with E-state index in [-0.39, 0.29) is 36.8 Å². The zero-order valence-corrected chi connectivity index (χ0v) is 14.3. The molecule has 1 atom stereocenters. The van der Waals surface area contributed by atoms with Crippen LogP contribution in [0.5, 0.6) is 5.75 Å². The third-order valence-corrected chi connectivity index (χ3v) is 2.43. The minimum absolute atomic E-state index is 0. The summed E-state index contributed by atoms with van der Waals surface area (Å²) in [5, 5.41) is 2.80. The van der Waals surface area contributed by atoms with Crippen molar-refractivity contribution in [2.75, 3.05) is 32.6 Å². The lowest BCUT2D eigenvalue weighted by Crippen LogP contribution is -2.24. The molecule has 1 rings (SSSR count). The number of rotatable bonds is 7. The molecule has 5 nitrogen and oxygen atoms in total. The number of nitrogens with two attached hydrogens (primary N) is 1. The second-order valence-corrected chi connectivity index (χ2v) is 4.91. The van der Waals surface area contributed by atoms with Crippen LogP contribution >= 0.6 is 24.8 Å². The van der Waals surface area contributed by atoms with Gasteiger partial charge in [-0.3, -0.25) is 4.79 Å². The molecule has 0 heterocycles. The first-order chi connectivity index (χ1) is 8.97. The Hall–Kier alpha value is -1.01. The average Bonchev–Trinajstić information content (AvgIpc) is 2.27. The van der Waals surface area contributed by atoms with Gasteiger partial charge in [-0.2, -0.15) is 0 Å². The molecule has 0 aromatic heterocycles. The van der Waals surface area contributed by atoms with E-state index in [1.807, 2.05) is 43.3 Å². The van der Waals surface area contributed by atoms with Gasteiger partial charge >= 0.3 is 0 Å². The highest BCUT2D eigenvalue weighted by molar-refractivity contribution is 5.91. The van der Waals surface area contributed by atoms with Crippen molar-refractivity contribution in [3.8, 4) is 5.75 Å². The van der Waals surface area contributed by atoms with Crippen molar-refractivity contribution in [2.45, 2.75) is 19.4 Å². The zero-order chi connectivity index (χ0) is 14.3. The number of anilines is 1. The first kappa shape index (κ1) is 22.3. The standard InChI is InChI=1S/C14H23N3O2.2ClH/c1-11(15)9-14(18)16-12-5-4-6-13(10-12)19-8-7-17(2)3;;/h4-6,10-11H,7-9,15H2,1-3H3,(H,16,18);2*1H. The van der Waals surface area contributed by atoms with Gasteiger partial charge in [0.2, 0.25) is 5.91 Å². The molecular formula is C14H25Cl2N3O2. The SMILES string of the molecule is CC(N)CC(=O)Nc1cccc(OCCN(C)C)c1.Cl.Cl. The number of carbonyl (C=O) groups is 1. The van der Waals surface area contributed by atoms with Crippen LogP contribution in [0.1, 0.15) is 13.3 Å². The number of likely N-dealkylation sites (N-methyl/N-ethyl adjacent to an activating group) is 1. The van der Waals surface area contributed by atoms with Gasteiger partial charge in [0, 0.05) is 30.8 Å². The summed E-state index contributed by atoms with van der Waals surface area (Å²) >= 11 is 0. The predicted octanol–water partition coefficient (Wildman–Crippen LogP) is 2.15. The molecule has 1 aromatic carbocycles. The Balaban J connectivity index is 0. The fourth-order valence-corrected chi connectivity index (χ4v) is 1.51. The van der Waals surface area contributed by atoms with Crippen LogP contribution in [-0.2, 0) is 4.79 Å². The molecule has 0 fully saturated rings. The van der Waals surface area contributed by atoms with Crippen LogP contribution < -0.4 is 15.8 Å². The van der Waals surface area contributed by atoms with Crippen molar-refractivity contribution in [1.29, 1.82) is 0 Å². The highest BCUT2D eigenvalue weighted by Gasteiger charge is 2.06. The summed E-state index contributed by atoms with van der Waals surface area (Å²) < 4.78 is 5.60. The van der Waals surface area contributed by atoms with Gasteiger partial charge in [-0.15, -0.1) is 24.8 Å². The van der Waals surface area contributed by atoms with Gasteiger partial charge < -0.3 is 20.7 Å². The molecule has 0 radical (unpaired) electrons. The topological polar surface area (TPSA) is 67.6 Å². The molecule has 0 aliphatic carbocycles. The number of ether oxygens (including phenoxy) is 1. The second kappa shape index (κ2) is 11.6. The monoisotopic (exact) mass is 337 g/mol. The third-order valence-electron chi connectivity index (χ3n) is 2.43. The lowest BCUT2D eigenvalue weighted by molar-refractivity contribution is -0.116. The van der Waals surface area contributed by atoms with E-state index in [0.717, 1.165) is 18.0 Å². The van der Waals surface area contributed by atoms with Crippen LogP contribution in [0.3, 0.4) is 0 Å². The summed E-state index contributed by atoms with van der Waals surface area (Å²) in [6.45, 7) is 3.27. The lowest BCUT2D eigenvalue weighted by Gasteiger charge is -2.12. The first-order valence-electron chi connectivity index (χ1n) is 6.40. The zero-order valence-electron chi connectivity index (χ0n) is 12.7. The molecule has 0 bridgehead atoms. The number of carbonyl (C=O) groups excluding carboxylic acids is 1. The van der Waals surface area contributed by atoms with Crippen LogP contribution in [-0.4, -0.2) is 44.1 Å². The molecule has 0 saturated carbocycles. The van der Waals surface area contributed by atoms with Crippen molar-refractivity contribution in [3.63, 3.8) is 0 Å². The summed E-state index contributed by atoms with van der Waals surface area (Å²) in [7, 11) is 3.99. The number of hydrogen-bond donors (Lipinski definition) is 2. The summed E-state index contributed by atoms with van der Waals surface area (Å²) in [4.78, 5) is 13.6. The van der Waals surface area contributed by atoms with Gasteiger partial charge in [0.05, 0.1) is 0 Å². The fourth-order valence-electron chi connectivity index (χ4n) is 1.51. The molecule has 0 saturated heterocycles. The van der Waals surface area contributed by atoms with E-state index in [9.17, 15) is 4.79 Å². The van der Waals surface area contributed by atoms with E-state index >= 15 is 0 Å². The van der Waals surface area contributed by atoms with Gasteiger partial charge in [-0.1, -0.05) is 6.07 Å². The minimum Gasteiger partial charge on any atom is -0.492 e. The number of nitrogens with zero attached hydrogens (tertiary/aromatic N) is 1. The van der Waals surface area contributed by atoms with Crippen LogP contribution in [0.15, 0.2) is 24.3 Å². The van der Waals surface area contributed by atoms with Crippen molar-refractivity contribution in [2.24, 2.45) is 5.73 Å². The van der Waals surface area contributed by atoms with E-state index in [1.54, 1.807) is 6.92 Å². The van der Waals surface area contributed by atoms with Gasteiger partial charge in [-0.05, 0) is 33.2 Å². The highest BCUT2D eigenvalue weighted by Crippen LogP contribution is 2.17. The molecule has 1 unspecified atom stereocenters. The van der Waals surface area contributed by atoms with Crippen LogP contribution in [0.4, 0.5) is 5.69 Å². The van der Waals surface area contributed by atoms with Gasteiger partial charge in [0.1, 0.15) is 12.4 Å². The second-order valence-electron chi connectivity index (χ2n) is 4.91. The van der Waals surface area contributed by atoms with Crippen LogP contribution in [0.25, 0.3) is 0 Å².